The van der Waals surface area contributed by atoms with Crippen molar-refractivity contribution in [3.05, 3.63) is 0 Å². The summed E-state index contributed by atoms with van der Waals surface area (Å²) in [6, 6.07) is 0. The first-order valence-corrected chi connectivity index (χ1v) is 7.00. The molecule has 0 aromatic carbocycles. The molecule has 2 fully saturated rings. The number of rotatable bonds is 2. The molecule has 0 spiro atoms. The standard InChI is InChI=1S/C14H28N2.ClH/c1-12-4-7-16(9-13(2)8-12)11-14(3)5-6-15-10-14;/h12-13,15H,4-11H2,1-3H3;1H. The minimum absolute atomic E-state index is 0. The van der Waals surface area contributed by atoms with Gasteiger partial charge in [-0.25, -0.2) is 0 Å². The lowest BCUT2D eigenvalue weighted by molar-refractivity contribution is 0.168. The molecule has 0 amide bonds. The van der Waals surface area contributed by atoms with E-state index in [0.29, 0.717) is 5.41 Å². The normalized spacial score (nSPS) is 39.7. The van der Waals surface area contributed by atoms with Crippen LogP contribution in [0, 0.1) is 17.3 Å². The molecule has 17 heavy (non-hydrogen) atoms. The molecule has 3 unspecified atom stereocenters. The number of hydrogen-bond donors (Lipinski definition) is 1. The summed E-state index contributed by atoms with van der Waals surface area (Å²) in [6.07, 6.45) is 4.17. The zero-order valence-electron chi connectivity index (χ0n) is 11.7. The third-order valence-electron chi connectivity index (χ3n) is 4.38. The second kappa shape index (κ2) is 6.40. The van der Waals surface area contributed by atoms with Gasteiger partial charge in [0.05, 0.1) is 0 Å². The molecule has 2 nitrogen and oxygen atoms in total. The lowest BCUT2D eigenvalue weighted by Gasteiger charge is -2.32. The molecule has 0 radical (unpaired) electrons. The summed E-state index contributed by atoms with van der Waals surface area (Å²) >= 11 is 0. The van der Waals surface area contributed by atoms with Crippen LogP contribution >= 0.6 is 12.4 Å². The van der Waals surface area contributed by atoms with Crippen molar-refractivity contribution in [2.75, 3.05) is 32.7 Å². The molecule has 0 aromatic rings. The molecule has 0 saturated carbocycles. The molecule has 2 aliphatic heterocycles. The van der Waals surface area contributed by atoms with E-state index in [2.05, 4.69) is 31.0 Å². The van der Waals surface area contributed by atoms with Crippen LogP contribution in [0.25, 0.3) is 0 Å². The molecule has 3 atom stereocenters. The van der Waals surface area contributed by atoms with Crippen molar-refractivity contribution in [3.8, 4) is 0 Å². The zero-order chi connectivity index (χ0) is 11.6. The maximum Gasteiger partial charge on any atom is 0.00481 e. The zero-order valence-corrected chi connectivity index (χ0v) is 12.5. The monoisotopic (exact) mass is 260 g/mol. The van der Waals surface area contributed by atoms with Crippen molar-refractivity contribution in [2.45, 2.75) is 40.0 Å². The Bertz CT molecular complexity index is 226. The van der Waals surface area contributed by atoms with Gasteiger partial charge in [-0.2, -0.15) is 0 Å². The van der Waals surface area contributed by atoms with Crippen molar-refractivity contribution in [2.24, 2.45) is 17.3 Å². The van der Waals surface area contributed by atoms with Crippen LogP contribution in [0.4, 0.5) is 0 Å². The van der Waals surface area contributed by atoms with Crippen LogP contribution in [-0.2, 0) is 0 Å². The third kappa shape index (κ3) is 4.42. The minimum atomic E-state index is 0. The van der Waals surface area contributed by atoms with Crippen LogP contribution in [0.15, 0.2) is 0 Å². The Morgan fingerprint density at radius 2 is 2.06 bits per heavy atom. The van der Waals surface area contributed by atoms with Crippen LogP contribution in [0.1, 0.15) is 40.0 Å². The molecule has 1 N–H and O–H groups in total. The van der Waals surface area contributed by atoms with Gasteiger partial charge in [0.2, 0.25) is 0 Å². The molecule has 2 rings (SSSR count). The highest BCUT2D eigenvalue weighted by Crippen LogP contribution is 2.28. The Hall–Kier alpha value is 0.210. The fourth-order valence-electron chi connectivity index (χ4n) is 3.50. The Morgan fingerprint density at radius 3 is 2.71 bits per heavy atom. The van der Waals surface area contributed by atoms with E-state index in [1.165, 1.54) is 52.0 Å². The molecule has 102 valence electrons. The van der Waals surface area contributed by atoms with Gasteiger partial charge in [-0.1, -0.05) is 20.8 Å². The fourth-order valence-corrected chi connectivity index (χ4v) is 3.50. The van der Waals surface area contributed by atoms with Crippen molar-refractivity contribution in [1.29, 1.82) is 0 Å². The van der Waals surface area contributed by atoms with Gasteiger partial charge in [-0.15, -0.1) is 12.4 Å². The Morgan fingerprint density at radius 1 is 1.29 bits per heavy atom. The van der Waals surface area contributed by atoms with Crippen molar-refractivity contribution in [1.82, 2.24) is 10.2 Å². The lowest BCUT2D eigenvalue weighted by Crippen LogP contribution is -2.39. The van der Waals surface area contributed by atoms with Crippen LogP contribution < -0.4 is 5.32 Å². The molecule has 2 saturated heterocycles. The molecule has 3 heteroatoms. The number of nitrogens with zero attached hydrogens (tertiary/aromatic N) is 1. The van der Waals surface area contributed by atoms with E-state index < -0.39 is 0 Å². The second-order valence-corrected chi connectivity index (χ2v) is 6.71. The SMILES string of the molecule is CC1CCN(CC2(C)CCNC2)CC(C)C1.Cl. The van der Waals surface area contributed by atoms with Gasteiger partial charge in [-0.05, 0) is 49.6 Å². The predicted octanol–water partition coefficient (Wildman–Crippen LogP) is 2.78. The topological polar surface area (TPSA) is 15.3 Å². The van der Waals surface area contributed by atoms with Crippen LogP contribution in [0.2, 0.25) is 0 Å². The maximum absolute atomic E-state index is 3.51. The first kappa shape index (κ1) is 15.3. The summed E-state index contributed by atoms with van der Waals surface area (Å²) in [5, 5.41) is 3.51. The average Bonchev–Trinajstić information content (AvgIpc) is 2.54. The summed E-state index contributed by atoms with van der Waals surface area (Å²) in [4.78, 5) is 2.72. The quantitative estimate of drug-likeness (QED) is 0.822. The van der Waals surface area contributed by atoms with Gasteiger partial charge in [-0.3, -0.25) is 0 Å². The predicted molar refractivity (Wildman–Crippen MR) is 76.8 cm³/mol. The highest BCUT2D eigenvalue weighted by molar-refractivity contribution is 5.85. The molecule has 0 aliphatic carbocycles. The Kier molecular flexibility index (Phi) is 5.75. The van der Waals surface area contributed by atoms with Gasteiger partial charge in [0, 0.05) is 19.6 Å². The summed E-state index contributed by atoms with van der Waals surface area (Å²) in [6.45, 7) is 13.7. The van der Waals surface area contributed by atoms with Gasteiger partial charge in [0.1, 0.15) is 0 Å². The van der Waals surface area contributed by atoms with E-state index in [9.17, 15) is 0 Å². The first-order chi connectivity index (χ1) is 7.57. The smallest absolute Gasteiger partial charge is 0.00481 e. The highest BCUT2D eigenvalue weighted by atomic mass is 35.5. The first-order valence-electron chi connectivity index (χ1n) is 7.00. The summed E-state index contributed by atoms with van der Waals surface area (Å²) in [5.41, 5.74) is 0.535. The molecule has 2 aliphatic rings. The van der Waals surface area contributed by atoms with E-state index in [-0.39, 0.29) is 12.4 Å². The number of nitrogens with one attached hydrogen (secondary N) is 1. The number of hydrogen-bond acceptors (Lipinski definition) is 2. The molecular formula is C14H29ClN2. The molecule has 2 heterocycles. The summed E-state index contributed by atoms with van der Waals surface area (Å²) in [5.74, 6) is 1.81. The fraction of sp³-hybridized carbons (Fsp3) is 1.00. The lowest BCUT2D eigenvalue weighted by atomic mass is 9.89. The minimum Gasteiger partial charge on any atom is -0.316 e. The van der Waals surface area contributed by atoms with Gasteiger partial charge in [0.25, 0.3) is 0 Å². The van der Waals surface area contributed by atoms with Crippen LogP contribution in [0.5, 0.6) is 0 Å². The van der Waals surface area contributed by atoms with Crippen molar-refractivity contribution >= 4 is 12.4 Å². The number of likely N-dealkylation sites (tertiary alicyclic amines) is 1. The largest absolute Gasteiger partial charge is 0.316 e. The molecule has 0 bridgehead atoms. The van der Waals surface area contributed by atoms with E-state index in [4.69, 9.17) is 0 Å². The van der Waals surface area contributed by atoms with E-state index in [1.54, 1.807) is 0 Å². The summed E-state index contributed by atoms with van der Waals surface area (Å²) in [7, 11) is 0. The highest BCUT2D eigenvalue weighted by Gasteiger charge is 2.31. The Labute approximate surface area is 113 Å². The number of halogens is 1. The molecular weight excluding hydrogens is 232 g/mol. The van der Waals surface area contributed by atoms with Gasteiger partial charge < -0.3 is 10.2 Å². The van der Waals surface area contributed by atoms with E-state index in [0.717, 1.165) is 11.8 Å². The van der Waals surface area contributed by atoms with Crippen molar-refractivity contribution < 1.29 is 0 Å². The van der Waals surface area contributed by atoms with E-state index >= 15 is 0 Å². The maximum atomic E-state index is 3.51. The van der Waals surface area contributed by atoms with Crippen LogP contribution in [0.3, 0.4) is 0 Å². The van der Waals surface area contributed by atoms with Crippen LogP contribution in [-0.4, -0.2) is 37.6 Å². The second-order valence-electron chi connectivity index (χ2n) is 6.71. The molecule has 0 aromatic heterocycles. The Balaban J connectivity index is 0.00000144. The average molecular weight is 261 g/mol. The summed E-state index contributed by atoms with van der Waals surface area (Å²) < 4.78 is 0. The van der Waals surface area contributed by atoms with Gasteiger partial charge >= 0.3 is 0 Å². The third-order valence-corrected chi connectivity index (χ3v) is 4.38. The van der Waals surface area contributed by atoms with Crippen molar-refractivity contribution in [3.63, 3.8) is 0 Å². The van der Waals surface area contributed by atoms with Gasteiger partial charge in [0.15, 0.2) is 0 Å². The van der Waals surface area contributed by atoms with E-state index in [1.807, 2.05) is 0 Å².